The Kier molecular flexibility index (Phi) is 5.84. The van der Waals surface area contributed by atoms with E-state index in [-0.39, 0.29) is 17.6 Å². The molecule has 0 fully saturated rings. The van der Waals surface area contributed by atoms with Crippen LogP contribution in [0.3, 0.4) is 0 Å². The highest BCUT2D eigenvalue weighted by Gasteiger charge is 2.16. The molecule has 1 heterocycles. The van der Waals surface area contributed by atoms with Crippen LogP contribution in [0.5, 0.6) is 0 Å². The number of nitrogens with one attached hydrogen (secondary N) is 3. The molecule has 3 N–H and O–H groups in total. The zero-order valence-corrected chi connectivity index (χ0v) is 11.6. The van der Waals surface area contributed by atoms with Gasteiger partial charge in [-0.05, 0) is 13.3 Å². The second-order valence-corrected chi connectivity index (χ2v) is 4.06. The van der Waals surface area contributed by atoms with E-state index in [1.54, 1.807) is 10.9 Å². The standard InChI is InChI=1S/C12H21N5O2/c1-4-6-7-14-12(19)15-9-8-17(5-2)16-10(9)11(18)13-3/h8H,4-7H2,1-3H3,(H,13,18)(H2,14,15,19). The average Bonchev–Trinajstić information content (AvgIpc) is 2.81. The van der Waals surface area contributed by atoms with Crippen molar-refractivity contribution in [2.75, 3.05) is 18.9 Å². The Morgan fingerprint density at radius 3 is 2.68 bits per heavy atom. The summed E-state index contributed by atoms with van der Waals surface area (Å²) >= 11 is 0. The number of carbonyl (C=O) groups is 2. The van der Waals surface area contributed by atoms with Crippen LogP contribution < -0.4 is 16.0 Å². The van der Waals surface area contributed by atoms with Gasteiger partial charge in [-0.3, -0.25) is 9.48 Å². The van der Waals surface area contributed by atoms with E-state index in [1.165, 1.54) is 7.05 Å². The lowest BCUT2D eigenvalue weighted by Crippen LogP contribution is -2.30. The van der Waals surface area contributed by atoms with E-state index in [0.29, 0.717) is 18.8 Å². The molecule has 0 unspecified atom stereocenters. The fourth-order valence-electron chi connectivity index (χ4n) is 1.51. The molecular formula is C12H21N5O2. The molecule has 106 valence electrons. The predicted octanol–water partition coefficient (Wildman–Crippen LogP) is 1.18. The summed E-state index contributed by atoms with van der Waals surface area (Å²) in [5, 5.41) is 12.0. The van der Waals surface area contributed by atoms with Crippen molar-refractivity contribution < 1.29 is 9.59 Å². The molecule has 0 saturated carbocycles. The highest BCUT2D eigenvalue weighted by Crippen LogP contribution is 2.13. The SMILES string of the molecule is CCCCNC(=O)Nc1cn(CC)nc1C(=O)NC. The zero-order chi connectivity index (χ0) is 14.3. The summed E-state index contributed by atoms with van der Waals surface area (Å²) in [6, 6.07) is -0.325. The minimum Gasteiger partial charge on any atom is -0.354 e. The number of carbonyl (C=O) groups excluding carboxylic acids is 2. The molecule has 0 aromatic carbocycles. The maximum absolute atomic E-state index is 11.7. The quantitative estimate of drug-likeness (QED) is 0.676. The molecule has 0 saturated heterocycles. The van der Waals surface area contributed by atoms with Gasteiger partial charge in [-0.2, -0.15) is 5.10 Å². The Balaban J connectivity index is 2.73. The number of anilines is 1. The Hall–Kier alpha value is -2.05. The van der Waals surface area contributed by atoms with Gasteiger partial charge in [0.15, 0.2) is 5.69 Å². The van der Waals surface area contributed by atoms with Crippen molar-refractivity contribution in [2.24, 2.45) is 0 Å². The van der Waals surface area contributed by atoms with Gasteiger partial charge in [-0.1, -0.05) is 13.3 Å². The first-order valence-electron chi connectivity index (χ1n) is 6.46. The molecule has 0 aliphatic heterocycles. The summed E-state index contributed by atoms with van der Waals surface area (Å²) in [7, 11) is 1.53. The van der Waals surface area contributed by atoms with Crippen LogP contribution in [-0.2, 0) is 6.54 Å². The highest BCUT2D eigenvalue weighted by atomic mass is 16.2. The van der Waals surface area contributed by atoms with Gasteiger partial charge >= 0.3 is 6.03 Å². The van der Waals surface area contributed by atoms with Crippen LogP contribution in [0.1, 0.15) is 37.2 Å². The van der Waals surface area contributed by atoms with E-state index in [0.717, 1.165) is 12.8 Å². The number of rotatable bonds is 6. The minimum absolute atomic E-state index is 0.218. The second kappa shape index (κ2) is 7.40. The van der Waals surface area contributed by atoms with Crippen LogP contribution in [0, 0.1) is 0 Å². The normalized spacial score (nSPS) is 10.1. The van der Waals surface area contributed by atoms with Crippen LogP contribution in [0.15, 0.2) is 6.20 Å². The van der Waals surface area contributed by atoms with Gasteiger partial charge in [0.1, 0.15) is 0 Å². The Morgan fingerprint density at radius 2 is 2.11 bits per heavy atom. The summed E-state index contributed by atoms with van der Waals surface area (Å²) in [6.07, 6.45) is 3.57. The molecule has 7 nitrogen and oxygen atoms in total. The van der Waals surface area contributed by atoms with E-state index >= 15 is 0 Å². The molecule has 7 heteroatoms. The second-order valence-electron chi connectivity index (χ2n) is 4.06. The van der Waals surface area contributed by atoms with Crippen molar-refractivity contribution in [1.82, 2.24) is 20.4 Å². The van der Waals surface area contributed by atoms with E-state index in [9.17, 15) is 9.59 Å². The monoisotopic (exact) mass is 267 g/mol. The summed E-state index contributed by atoms with van der Waals surface area (Å²) < 4.78 is 1.60. The fourth-order valence-corrected chi connectivity index (χ4v) is 1.51. The topological polar surface area (TPSA) is 88.1 Å². The number of urea groups is 1. The molecular weight excluding hydrogens is 246 g/mol. The van der Waals surface area contributed by atoms with E-state index in [2.05, 4.69) is 28.0 Å². The molecule has 0 aliphatic carbocycles. The van der Waals surface area contributed by atoms with Crippen molar-refractivity contribution in [3.8, 4) is 0 Å². The number of aromatic nitrogens is 2. The predicted molar refractivity (Wildman–Crippen MR) is 73.2 cm³/mol. The Labute approximate surface area is 112 Å². The van der Waals surface area contributed by atoms with Gasteiger partial charge in [0.05, 0.1) is 5.69 Å². The maximum atomic E-state index is 11.7. The molecule has 0 radical (unpaired) electrons. The van der Waals surface area contributed by atoms with E-state index in [4.69, 9.17) is 0 Å². The Bertz CT molecular complexity index is 441. The van der Waals surface area contributed by atoms with Crippen molar-refractivity contribution in [3.63, 3.8) is 0 Å². The summed E-state index contributed by atoms with van der Waals surface area (Å²) in [5.41, 5.74) is 0.630. The lowest BCUT2D eigenvalue weighted by atomic mass is 10.3. The number of unbranched alkanes of at least 4 members (excludes halogenated alkanes) is 1. The molecule has 1 rings (SSSR count). The molecule has 0 bridgehead atoms. The van der Waals surface area contributed by atoms with Gasteiger partial charge in [0.2, 0.25) is 0 Å². The molecule has 0 aliphatic rings. The van der Waals surface area contributed by atoms with Crippen molar-refractivity contribution in [2.45, 2.75) is 33.2 Å². The third-order valence-corrected chi connectivity index (χ3v) is 2.59. The summed E-state index contributed by atoms with van der Waals surface area (Å²) in [4.78, 5) is 23.3. The van der Waals surface area contributed by atoms with Gasteiger partial charge in [0, 0.05) is 26.3 Å². The first kappa shape index (κ1) is 15.0. The van der Waals surface area contributed by atoms with Gasteiger partial charge in [-0.15, -0.1) is 0 Å². The highest BCUT2D eigenvalue weighted by molar-refractivity contribution is 6.01. The summed E-state index contributed by atoms with van der Waals surface area (Å²) in [6.45, 7) is 5.20. The minimum atomic E-state index is -0.325. The summed E-state index contributed by atoms with van der Waals surface area (Å²) in [5.74, 6) is -0.323. The first-order valence-corrected chi connectivity index (χ1v) is 6.46. The zero-order valence-electron chi connectivity index (χ0n) is 11.6. The van der Waals surface area contributed by atoms with Gasteiger partial charge in [0.25, 0.3) is 5.91 Å². The van der Waals surface area contributed by atoms with Gasteiger partial charge in [-0.25, -0.2) is 4.79 Å². The van der Waals surface area contributed by atoms with Crippen LogP contribution >= 0.6 is 0 Å². The molecule has 0 spiro atoms. The molecule has 19 heavy (non-hydrogen) atoms. The van der Waals surface area contributed by atoms with Crippen LogP contribution in [-0.4, -0.2) is 35.3 Å². The molecule has 1 aromatic rings. The third kappa shape index (κ3) is 4.27. The fraction of sp³-hybridized carbons (Fsp3) is 0.583. The largest absolute Gasteiger partial charge is 0.354 e. The first-order chi connectivity index (χ1) is 9.12. The molecule has 3 amide bonds. The maximum Gasteiger partial charge on any atom is 0.319 e. The molecule has 1 aromatic heterocycles. The number of hydrogen-bond donors (Lipinski definition) is 3. The lowest BCUT2D eigenvalue weighted by Gasteiger charge is -2.06. The number of amides is 3. The Morgan fingerprint density at radius 1 is 1.37 bits per heavy atom. The average molecular weight is 267 g/mol. The van der Waals surface area contributed by atoms with Crippen molar-refractivity contribution in [1.29, 1.82) is 0 Å². The van der Waals surface area contributed by atoms with Crippen LogP contribution in [0.4, 0.5) is 10.5 Å². The lowest BCUT2D eigenvalue weighted by molar-refractivity contribution is 0.0958. The van der Waals surface area contributed by atoms with E-state index < -0.39 is 0 Å². The van der Waals surface area contributed by atoms with Crippen LogP contribution in [0.2, 0.25) is 0 Å². The number of hydrogen-bond acceptors (Lipinski definition) is 3. The van der Waals surface area contributed by atoms with Gasteiger partial charge < -0.3 is 16.0 Å². The van der Waals surface area contributed by atoms with Crippen molar-refractivity contribution in [3.05, 3.63) is 11.9 Å². The van der Waals surface area contributed by atoms with E-state index in [1.807, 2.05) is 6.92 Å². The van der Waals surface area contributed by atoms with Crippen LogP contribution in [0.25, 0.3) is 0 Å². The van der Waals surface area contributed by atoms with Crippen molar-refractivity contribution >= 4 is 17.6 Å². The molecule has 0 atom stereocenters. The number of nitrogens with zero attached hydrogens (tertiary/aromatic N) is 2. The smallest absolute Gasteiger partial charge is 0.319 e. The number of aryl methyl sites for hydroxylation is 1. The third-order valence-electron chi connectivity index (χ3n) is 2.59.